The number of sulfone groups is 1. The second-order valence-corrected chi connectivity index (χ2v) is 8.45. The lowest BCUT2D eigenvalue weighted by atomic mass is 10.00. The zero-order valence-corrected chi connectivity index (χ0v) is 14.9. The van der Waals surface area contributed by atoms with E-state index in [1.807, 2.05) is 6.92 Å². The van der Waals surface area contributed by atoms with Crippen LogP contribution in [0.15, 0.2) is 59.5 Å². The molecule has 0 aromatic heterocycles. The van der Waals surface area contributed by atoms with Crippen LogP contribution in [-0.2, 0) is 14.6 Å². The fourth-order valence-corrected chi connectivity index (χ4v) is 6.11. The Balaban J connectivity index is 2.04. The highest BCUT2D eigenvalue weighted by Crippen LogP contribution is 2.63. The van der Waals surface area contributed by atoms with Crippen molar-refractivity contribution >= 4 is 9.84 Å². The molecule has 3 rings (SSSR count). The van der Waals surface area contributed by atoms with Crippen LogP contribution < -0.4 is 5.73 Å². The number of nitrogens with two attached hydrogens (primary N) is 1. The molecule has 2 aromatic rings. The topological polar surface area (TPSA) is 69.4 Å². The smallest absolute Gasteiger partial charge is 0.182 e. The van der Waals surface area contributed by atoms with Crippen LogP contribution in [0.1, 0.15) is 18.4 Å². The van der Waals surface area contributed by atoms with Gasteiger partial charge in [0.2, 0.25) is 0 Å². The van der Waals surface area contributed by atoms with Crippen LogP contribution in [0, 0.1) is 11.2 Å². The highest BCUT2D eigenvalue weighted by atomic mass is 32.2. The summed E-state index contributed by atoms with van der Waals surface area (Å²) >= 11 is 0. The van der Waals surface area contributed by atoms with Crippen LogP contribution in [-0.4, -0.2) is 33.4 Å². The summed E-state index contributed by atoms with van der Waals surface area (Å²) in [6.07, 6.45) is 0. The lowest BCUT2D eigenvalue weighted by Crippen LogP contribution is -2.29. The van der Waals surface area contributed by atoms with E-state index < -0.39 is 20.5 Å². The summed E-state index contributed by atoms with van der Waals surface area (Å²) in [5.74, 6) is -0.662. The van der Waals surface area contributed by atoms with E-state index in [0.717, 1.165) is 5.56 Å². The number of ether oxygens (including phenoxy) is 1. The fourth-order valence-electron chi connectivity index (χ4n) is 3.64. The molecule has 2 N–H and O–H groups in total. The molecule has 4 nitrogen and oxygen atoms in total. The second-order valence-electron chi connectivity index (χ2n) is 6.38. The Morgan fingerprint density at radius 3 is 2.32 bits per heavy atom. The third-order valence-corrected chi connectivity index (χ3v) is 7.31. The van der Waals surface area contributed by atoms with Gasteiger partial charge in [-0.1, -0.05) is 30.3 Å². The van der Waals surface area contributed by atoms with Gasteiger partial charge in [0.05, 0.1) is 16.8 Å². The van der Waals surface area contributed by atoms with Gasteiger partial charge in [0.15, 0.2) is 9.84 Å². The van der Waals surface area contributed by atoms with Gasteiger partial charge in [-0.15, -0.1) is 0 Å². The predicted octanol–water partition coefficient (Wildman–Crippen LogP) is 2.75. The first-order valence-electron chi connectivity index (χ1n) is 8.29. The normalized spacial score (nSPS) is 25.7. The maximum Gasteiger partial charge on any atom is 0.182 e. The molecule has 0 heterocycles. The minimum absolute atomic E-state index is 0.186. The molecule has 3 atom stereocenters. The average molecular weight is 363 g/mol. The van der Waals surface area contributed by atoms with Crippen molar-refractivity contribution in [2.75, 3.05) is 19.8 Å². The van der Waals surface area contributed by atoms with Crippen molar-refractivity contribution < 1.29 is 17.5 Å². The fraction of sp³-hybridized carbons (Fsp3) is 0.368. The molecule has 0 saturated heterocycles. The summed E-state index contributed by atoms with van der Waals surface area (Å²) in [5.41, 5.74) is 6.10. The maximum atomic E-state index is 13.3. The number of benzene rings is 2. The summed E-state index contributed by atoms with van der Waals surface area (Å²) in [6, 6.07) is 14.3. The van der Waals surface area contributed by atoms with E-state index >= 15 is 0 Å². The summed E-state index contributed by atoms with van der Waals surface area (Å²) in [6.45, 7) is 2.79. The van der Waals surface area contributed by atoms with Crippen molar-refractivity contribution in [3.05, 3.63) is 66.0 Å². The minimum Gasteiger partial charge on any atom is -0.381 e. The van der Waals surface area contributed by atoms with Crippen LogP contribution in [0.4, 0.5) is 4.39 Å². The Morgan fingerprint density at radius 1 is 1.12 bits per heavy atom. The van der Waals surface area contributed by atoms with Gasteiger partial charge >= 0.3 is 0 Å². The largest absolute Gasteiger partial charge is 0.381 e. The zero-order chi connectivity index (χ0) is 18.1. The molecule has 1 aliphatic rings. The van der Waals surface area contributed by atoms with Gasteiger partial charge in [-0.25, -0.2) is 12.8 Å². The van der Waals surface area contributed by atoms with E-state index in [0.29, 0.717) is 6.61 Å². The Hall–Kier alpha value is -1.76. The standard InChI is InChI=1S/C19H22FNO3S/c1-2-24-13-19(12-21)17(14-8-10-15(20)11-9-14)18(19)25(22,23)16-6-4-3-5-7-16/h3-11,17-18H,2,12-13,21H2,1H3/t17-,18+,19-/m1/s1. The van der Waals surface area contributed by atoms with E-state index in [4.69, 9.17) is 10.5 Å². The quantitative estimate of drug-likeness (QED) is 0.821. The molecule has 0 amide bonds. The van der Waals surface area contributed by atoms with Gasteiger partial charge in [0.1, 0.15) is 5.82 Å². The van der Waals surface area contributed by atoms with E-state index in [9.17, 15) is 12.8 Å². The van der Waals surface area contributed by atoms with Crippen molar-refractivity contribution in [1.29, 1.82) is 0 Å². The molecule has 134 valence electrons. The summed E-state index contributed by atoms with van der Waals surface area (Å²) in [7, 11) is -3.58. The monoisotopic (exact) mass is 363 g/mol. The third-order valence-electron chi connectivity index (χ3n) is 4.97. The summed E-state index contributed by atoms with van der Waals surface area (Å²) < 4.78 is 45.2. The predicted molar refractivity (Wildman–Crippen MR) is 94.5 cm³/mol. The molecule has 6 heteroatoms. The van der Waals surface area contributed by atoms with Crippen molar-refractivity contribution in [3.8, 4) is 0 Å². The van der Waals surface area contributed by atoms with E-state index in [2.05, 4.69) is 0 Å². The lowest BCUT2D eigenvalue weighted by Gasteiger charge is -2.16. The first-order chi connectivity index (χ1) is 12.0. The first-order valence-corrected chi connectivity index (χ1v) is 9.84. The van der Waals surface area contributed by atoms with Crippen LogP contribution >= 0.6 is 0 Å². The van der Waals surface area contributed by atoms with Gasteiger partial charge in [0, 0.05) is 24.5 Å². The Morgan fingerprint density at radius 2 is 1.76 bits per heavy atom. The van der Waals surface area contributed by atoms with E-state index in [-0.39, 0.29) is 29.8 Å². The molecule has 0 aliphatic heterocycles. The highest BCUT2D eigenvalue weighted by molar-refractivity contribution is 7.92. The molecule has 25 heavy (non-hydrogen) atoms. The molecule has 0 unspecified atom stereocenters. The van der Waals surface area contributed by atoms with E-state index in [1.54, 1.807) is 42.5 Å². The van der Waals surface area contributed by atoms with Gasteiger partial charge in [0.25, 0.3) is 0 Å². The van der Waals surface area contributed by atoms with Crippen molar-refractivity contribution in [2.45, 2.75) is 23.0 Å². The zero-order valence-electron chi connectivity index (χ0n) is 14.1. The lowest BCUT2D eigenvalue weighted by molar-refractivity contribution is 0.101. The molecule has 0 spiro atoms. The number of hydrogen-bond acceptors (Lipinski definition) is 4. The molecule has 1 fully saturated rings. The molecular formula is C19H22FNO3S. The third kappa shape index (κ3) is 3.10. The van der Waals surface area contributed by atoms with Gasteiger partial charge in [-0.3, -0.25) is 0 Å². The Bertz CT molecular complexity index is 824. The van der Waals surface area contributed by atoms with E-state index in [1.165, 1.54) is 12.1 Å². The van der Waals surface area contributed by atoms with Gasteiger partial charge < -0.3 is 10.5 Å². The molecule has 0 radical (unpaired) electrons. The van der Waals surface area contributed by atoms with Crippen molar-refractivity contribution in [1.82, 2.24) is 0 Å². The SMILES string of the molecule is CCOC[C@]1(CN)[C@H](c2ccc(F)cc2)[C@@H]1S(=O)(=O)c1ccccc1. The average Bonchev–Trinajstić information content (AvgIpc) is 3.31. The molecule has 1 saturated carbocycles. The molecular weight excluding hydrogens is 341 g/mol. The van der Waals surface area contributed by atoms with Crippen molar-refractivity contribution in [3.63, 3.8) is 0 Å². The molecule has 1 aliphatic carbocycles. The van der Waals surface area contributed by atoms with Gasteiger partial charge in [-0.2, -0.15) is 0 Å². The number of halogens is 1. The summed E-state index contributed by atoms with van der Waals surface area (Å²) in [4.78, 5) is 0.277. The maximum absolute atomic E-state index is 13.3. The second kappa shape index (κ2) is 6.86. The first kappa shape index (κ1) is 18.0. The van der Waals surface area contributed by atoms with Crippen LogP contribution in [0.25, 0.3) is 0 Å². The number of hydrogen-bond donors (Lipinski definition) is 1. The minimum atomic E-state index is -3.58. The van der Waals surface area contributed by atoms with Crippen molar-refractivity contribution in [2.24, 2.45) is 11.1 Å². The molecule has 2 aromatic carbocycles. The Kier molecular flexibility index (Phi) is 4.95. The van der Waals surface area contributed by atoms with Crippen LogP contribution in [0.3, 0.4) is 0 Å². The number of rotatable bonds is 7. The van der Waals surface area contributed by atoms with Crippen LogP contribution in [0.5, 0.6) is 0 Å². The van der Waals surface area contributed by atoms with Crippen LogP contribution in [0.2, 0.25) is 0 Å². The highest BCUT2D eigenvalue weighted by Gasteiger charge is 2.70. The molecule has 0 bridgehead atoms. The van der Waals surface area contributed by atoms with Gasteiger partial charge in [-0.05, 0) is 36.8 Å². The Labute approximate surface area is 147 Å². The summed E-state index contributed by atoms with van der Waals surface area (Å²) in [5, 5.41) is -0.676.